The van der Waals surface area contributed by atoms with Gasteiger partial charge in [0, 0.05) is 0 Å². The van der Waals surface area contributed by atoms with Crippen molar-refractivity contribution in [3.8, 4) is 11.1 Å². The molecular formula is C25H23Zr. The van der Waals surface area contributed by atoms with Crippen LogP contribution in [0.1, 0.15) is 43.4 Å². The number of hydrogen-bond acceptors (Lipinski definition) is 0. The van der Waals surface area contributed by atoms with Crippen LogP contribution in [0.25, 0.3) is 17.2 Å². The van der Waals surface area contributed by atoms with Crippen LogP contribution in [-0.2, 0) is 21.8 Å². The molecule has 1 atom stereocenters. The van der Waals surface area contributed by atoms with Gasteiger partial charge in [-0.1, -0.05) is 0 Å². The molecule has 0 saturated carbocycles. The summed E-state index contributed by atoms with van der Waals surface area (Å²) < 4.78 is 2.13. The molecule has 0 saturated heterocycles. The average Bonchev–Trinajstić information content (AvgIpc) is 3.23. The normalized spacial score (nSPS) is 17.3. The fraction of sp³-hybridized carbons (Fsp3) is 0.200. The van der Waals surface area contributed by atoms with Gasteiger partial charge in [-0.05, 0) is 0 Å². The second-order valence-electron chi connectivity index (χ2n) is 7.73. The van der Waals surface area contributed by atoms with Gasteiger partial charge in [-0.3, -0.25) is 0 Å². The molecule has 0 aromatic heterocycles. The summed E-state index contributed by atoms with van der Waals surface area (Å²) in [6.07, 6.45) is 4.90. The van der Waals surface area contributed by atoms with Gasteiger partial charge in [0.25, 0.3) is 0 Å². The summed E-state index contributed by atoms with van der Waals surface area (Å²) in [5, 5.41) is 0. The quantitative estimate of drug-likeness (QED) is 0.434. The summed E-state index contributed by atoms with van der Waals surface area (Å²) in [5.41, 5.74) is 9.15. The second kappa shape index (κ2) is 6.47. The zero-order valence-electron chi connectivity index (χ0n) is 15.3. The van der Waals surface area contributed by atoms with Gasteiger partial charge in [0.1, 0.15) is 0 Å². The van der Waals surface area contributed by atoms with Crippen LogP contribution in [0.4, 0.5) is 0 Å². The van der Waals surface area contributed by atoms with E-state index in [1.807, 2.05) is 0 Å². The summed E-state index contributed by atoms with van der Waals surface area (Å²) in [5.74, 6) is 0. The van der Waals surface area contributed by atoms with E-state index in [0.29, 0.717) is 7.25 Å². The van der Waals surface area contributed by atoms with E-state index >= 15 is 0 Å². The standard InChI is InChI=1S/C13H9.C9H7.C3H7.Zr/c1-3-7-12-10(5-1)9-11-6-2-4-8-13(11)12;1-2-5-9-7-3-6-8(9)4-1;1-3-2;/h1-9H;1-7H;3H,1-2H3;. The second-order valence-corrected chi connectivity index (χ2v) is 16.0. The van der Waals surface area contributed by atoms with Crippen molar-refractivity contribution in [2.75, 3.05) is 0 Å². The number of benzene rings is 3. The van der Waals surface area contributed by atoms with E-state index in [9.17, 15) is 0 Å². The Hall–Kier alpha value is -1.72. The number of rotatable bonds is 3. The molecule has 127 valence electrons. The van der Waals surface area contributed by atoms with E-state index in [1.54, 1.807) is 16.7 Å². The Labute approximate surface area is 164 Å². The van der Waals surface area contributed by atoms with Crippen molar-refractivity contribution in [1.82, 2.24) is 0 Å². The Kier molecular flexibility index (Phi) is 4.09. The average molecular weight is 415 g/mol. The monoisotopic (exact) mass is 413 g/mol. The van der Waals surface area contributed by atoms with E-state index in [2.05, 4.69) is 98.8 Å². The molecule has 0 nitrogen and oxygen atoms in total. The molecule has 5 rings (SSSR count). The Morgan fingerprint density at radius 2 is 1.23 bits per heavy atom. The van der Waals surface area contributed by atoms with Gasteiger partial charge in [-0.2, -0.15) is 0 Å². The molecule has 0 spiro atoms. The van der Waals surface area contributed by atoms with E-state index in [0.717, 1.165) is 3.63 Å². The predicted octanol–water partition coefficient (Wildman–Crippen LogP) is 6.97. The minimum atomic E-state index is -1.94. The van der Waals surface area contributed by atoms with Gasteiger partial charge in [0.2, 0.25) is 0 Å². The van der Waals surface area contributed by atoms with Crippen molar-refractivity contribution in [1.29, 1.82) is 0 Å². The zero-order chi connectivity index (χ0) is 17.7. The van der Waals surface area contributed by atoms with Crippen molar-refractivity contribution in [2.24, 2.45) is 0 Å². The Morgan fingerprint density at radius 3 is 1.85 bits per heavy atom. The van der Waals surface area contributed by atoms with Crippen molar-refractivity contribution < 1.29 is 21.8 Å². The van der Waals surface area contributed by atoms with E-state index in [1.165, 1.54) is 16.7 Å². The van der Waals surface area contributed by atoms with E-state index in [4.69, 9.17) is 0 Å². The molecule has 0 bridgehead atoms. The summed E-state index contributed by atoms with van der Waals surface area (Å²) in [6, 6.07) is 27.3. The zero-order valence-corrected chi connectivity index (χ0v) is 17.8. The van der Waals surface area contributed by atoms with Crippen molar-refractivity contribution in [3.05, 3.63) is 101 Å². The maximum absolute atomic E-state index is 2.53. The molecule has 2 aliphatic carbocycles. The van der Waals surface area contributed by atoms with Gasteiger partial charge in [-0.15, -0.1) is 0 Å². The van der Waals surface area contributed by atoms with Gasteiger partial charge in [-0.25, -0.2) is 0 Å². The molecule has 0 aliphatic heterocycles. The molecule has 1 heteroatoms. The first-order chi connectivity index (χ1) is 12.8. The molecular weight excluding hydrogens is 391 g/mol. The number of allylic oxidation sites excluding steroid dienone is 1. The van der Waals surface area contributed by atoms with Crippen molar-refractivity contribution >= 4 is 6.08 Å². The third-order valence-electron chi connectivity index (χ3n) is 5.99. The van der Waals surface area contributed by atoms with Crippen LogP contribution in [0.2, 0.25) is 3.63 Å². The van der Waals surface area contributed by atoms with Gasteiger partial charge >= 0.3 is 165 Å². The summed E-state index contributed by atoms with van der Waals surface area (Å²) >= 11 is -1.94. The van der Waals surface area contributed by atoms with Crippen LogP contribution in [0.5, 0.6) is 0 Å². The molecule has 26 heavy (non-hydrogen) atoms. The third-order valence-corrected chi connectivity index (χ3v) is 15.4. The summed E-state index contributed by atoms with van der Waals surface area (Å²) in [4.78, 5) is 0. The van der Waals surface area contributed by atoms with Gasteiger partial charge < -0.3 is 0 Å². The van der Waals surface area contributed by atoms with Crippen LogP contribution in [0.15, 0.2) is 78.9 Å². The Bertz CT molecular complexity index is 953. The molecule has 0 radical (unpaired) electrons. The first-order valence-corrected chi connectivity index (χ1v) is 13.8. The summed E-state index contributed by atoms with van der Waals surface area (Å²) in [7, 11) is 0. The van der Waals surface area contributed by atoms with E-state index < -0.39 is 21.8 Å². The van der Waals surface area contributed by atoms with Crippen LogP contribution in [0.3, 0.4) is 0 Å². The van der Waals surface area contributed by atoms with Crippen molar-refractivity contribution in [2.45, 2.75) is 24.7 Å². The molecule has 0 heterocycles. The molecule has 2 aliphatic rings. The molecule has 0 fully saturated rings. The van der Waals surface area contributed by atoms with Crippen molar-refractivity contribution in [3.63, 3.8) is 0 Å². The number of hydrogen-bond donors (Lipinski definition) is 0. The Morgan fingerprint density at radius 1 is 0.692 bits per heavy atom. The van der Waals surface area contributed by atoms with Crippen LogP contribution >= 0.6 is 0 Å². The molecule has 0 amide bonds. The minimum absolute atomic E-state index is 0.658. The first-order valence-electron chi connectivity index (χ1n) is 9.57. The summed E-state index contributed by atoms with van der Waals surface area (Å²) in [6.45, 7) is 4.96. The molecule has 3 aromatic rings. The SMILES string of the molecule is C[CH](C)[Zr]([CH]1C=Cc2ccccc21)[CH]1c2ccccc2-c2ccccc21. The van der Waals surface area contributed by atoms with Gasteiger partial charge in [0.15, 0.2) is 0 Å². The van der Waals surface area contributed by atoms with Gasteiger partial charge in [0.05, 0.1) is 0 Å². The first kappa shape index (κ1) is 16.5. The van der Waals surface area contributed by atoms with Crippen LogP contribution in [-0.4, -0.2) is 0 Å². The van der Waals surface area contributed by atoms with Crippen LogP contribution in [0, 0.1) is 0 Å². The fourth-order valence-corrected chi connectivity index (χ4v) is 14.5. The Balaban J connectivity index is 1.69. The molecule has 1 unspecified atom stereocenters. The number of fused-ring (bicyclic) bond motifs is 4. The van der Waals surface area contributed by atoms with E-state index in [-0.39, 0.29) is 0 Å². The third kappa shape index (κ3) is 2.44. The van der Waals surface area contributed by atoms with Crippen LogP contribution < -0.4 is 0 Å². The maximum atomic E-state index is 2.53. The molecule has 0 N–H and O–H groups in total. The fourth-order valence-electron chi connectivity index (χ4n) is 4.93. The topological polar surface area (TPSA) is 0 Å². The molecule has 3 aromatic carbocycles. The predicted molar refractivity (Wildman–Crippen MR) is 107 cm³/mol.